The van der Waals surface area contributed by atoms with Gasteiger partial charge in [0.15, 0.2) is 0 Å². The Morgan fingerprint density at radius 1 is 1.20 bits per heavy atom. The Balaban J connectivity index is 4.89. The molecule has 92 valence electrons. The molecule has 6 heteroatoms. The molecule has 4 nitrogen and oxygen atoms in total. The van der Waals surface area contributed by atoms with E-state index in [1.165, 1.54) is 12.5 Å². The molecule has 0 spiro atoms. The minimum Gasteiger partial charge on any atom is -0.400 e. The van der Waals surface area contributed by atoms with Gasteiger partial charge < -0.3 is 18.4 Å². The molecule has 0 radical (unpaired) electrons. The average molecular weight is 250 g/mol. The lowest BCUT2D eigenvalue weighted by Gasteiger charge is -2.40. The topological polar surface area (TPSA) is 33.7 Å². The van der Waals surface area contributed by atoms with Gasteiger partial charge in [0.05, 0.1) is 0 Å². The maximum absolute atomic E-state index is 5.61. The van der Waals surface area contributed by atoms with Crippen LogP contribution in [0.15, 0.2) is 0 Å². The average Bonchev–Trinajstić information content (AvgIpc) is 2.19. The first-order valence-corrected chi connectivity index (χ1v) is 10.5. The summed E-state index contributed by atoms with van der Waals surface area (Å²) >= 11 is 0. The van der Waals surface area contributed by atoms with E-state index in [1.54, 1.807) is 14.2 Å². The molecule has 1 atom stereocenters. The molecule has 0 aromatic heterocycles. The van der Waals surface area contributed by atoms with E-state index in [-0.39, 0.29) is 0 Å². The first-order chi connectivity index (χ1) is 7.08. The van der Waals surface area contributed by atoms with Gasteiger partial charge in [0, 0.05) is 14.2 Å². The third kappa shape index (κ3) is 3.65. The molecule has 0 bridgehead atoms. The largest absolute Gasteiger partial charge is 0.400 e. The highest BCUT2D eigenvalue weighted by molar-refractivity contribution is 7.25. The van der Waals surface area contributed by atoms with Crippen LogP contribution in [0.1, 0.15) is 20.3 Å². The zero-order valence-corrected chi connectivity index (χ0v) is 13.1. The molecule has 0 saturated carbocycles. The number of rotatable bonds is 8. The van der Waals surface area contributed by atoms with Crippen molar-refractivity contribution in [1.29, 1.82) is 0 Å². The minimum absolute atomic E-state index is 0.987. The summed E-state index contributed by atoms with van der Waals surface area (Å²) < 4.78 is 13.5. The molecule has 0 heterocycles. The summed E-state index contributed by atoms with van der Waals surface area (Å²) in [4.78, 5) is 3.67. The van der Waals surface area contributed by atoms with Crippen molar-refractivity contribution >= 4 is 16.7 Å². The molecule has 15 heavy (non-hydrogen) atoms. The fourth-order valence-corrected chi connectivity index (χ4v) is 12.5. The molecule has 0 aromatic rings. The summed E-state index contributed by atoms with van der Waals surface area (Å²) in [6.45, 7) is 5.36. The number of hydrogen-bond donors (Lipinski definition) is 1. The summed E-state index contributed by atoms with van der Waals surface area (Å²) in [6.07, 6.45) is 1.17. The smallest absolute Gasteiger partial charge is 0.337 e. The van der Waals surface area contributed by atoms with Crippen LogP contribution >= 0.6 is 0 Å². The highest BCUT2D eigenvalue weighted by Crippen LogP contribution is 2.16. The lowest BCUT2D eigenvalue weighted by atomic mass is 10.6. The normalized spacial score (nSPS) is 16.0. The molecule has 0 saturated heterocycles. The highest BCUT2D eigenvalue weighted by Gasteiger charge is 2.46. The molecular weight excluding hydrogens is 224 g/mol. The van der Waals surface area contributed by atoms with Crippen molar-refractivity contribution in [3.8, 4) is 0 Å². The van der Waals surface area contributed by atoms with E-state index in [0.717, 1.165) is 6.54 Å². The number of hydrogen-bond acceptors (Lipinski definition) is 4. The van der Waals surface area contributed by atoms with Crippen LogP contribution in [0.2, 0.25) is 6.04 Å². The van der Waals surface area contributed by atoms with Crippen LogP contribution in [-0.4, -0.2) is 56.1 Å². The first-order valence-electron chi connectivity index (χ1n) is 5.57. The highest BCUT2D eigenvalue weighted by atomic mass is 29.3. The lowest BCUT2D eigenvalue weighted by molar-refractivity contribution is 0.289. The lowest BCUT2D eigenvalue weighted by Crippen LogP contribution is -2.72. The van der Waals surface area contributed by atoms with Gasteiger partial charge in [0.25, 0.3) is 7.91 Å². The van der Waals surface area contributed by atoms with E-state index >= 15 is 0 Å². The van der Waals surface area contributed by atoms with Crippen molar-refractivity contribution in [3.05, 3.63) is 0 Å². The quantitative estimate of drug-likeness (QED) is 0.640. The number of nitrogens with one attached hydrogen (secondary N) is 1. The van der Waals surface area contributed by atoms with Gasteiger partial charge >= 0.3 is 8.80 Å². The zero-order chi connectivity index (χ0) is 11.9. The monoisotopic (exact) mass is 250 g/mol. The van der Waals surface area contributed by atoms with Crippen molar-refractivity contribution in [1.82, 2.24) is 9.55 Å². The van der Waals surface area contributed by atoms with E-state index in [9.17, 15) is 0 Å². The van der Waals surface area contributed by atoms with Crippen LogP contribution in [-0.2, 0) is 8.85 Å². The van der Waals surface area contributed by atoms with Crippen LogP contribution < -0.4 is 4.98 Å². The molecule has 0 aliphatic rings. The fraction of sp³-hybridized carbons (Fsp3) is 1.00. The third-order valence-electron chi connectivity index (χ3n) is 2.73. The summed E-state index contributed by atoms with van der Waals surface area (Å²) in [5, 5.41) is 0. The van der Waals surface area contributed by atoms with Crippen molar-refractivity contribution in [2.45, 2.75) is 26.3 Å². The molecule has 0 aromatic carbocycles. The Kier molecular flexibility index (Phi) is 7.67. The Morgan fingerprint density at radius 2 is 1.73 bits per heavy atom. The third-order valence-corrected chi connectivity index (χ3v) is 15.0. The van der Waals surface area contributed by atoms with Crippen LogP contribution in [0, 0.1) is 0 Å². The second-order valence-electron chi connectivity index (χ2n) is 3.90. The Morgan fingerprint density at radius 3 is 2.00 bits per heavy atom. The molecule has 1 unspecified atom stereocenters. The van der Waals surface area contributed by atoms with Gasteiger partial charge in [-0.1, -0.05) is 20.3 Å². The molecule has 0 fully saturated rings. The van der Waals surface area contributed by atoms with Crippen LogP contribution in [0.25, 0.3) is 0 Å². The van der Waals surface area contributed by atoms with E-state index < -0.39 is 16.7 Å². The zero-order valence-electron chi connectivity index (χ0n) is 11.0. The predicted molar refractivity (Wildman–Crippen MR) is 69.4 cm³/mol. The number of nitrogens with zero attached hydrogens (tertiary/aromatic N) is 1. The van der Waals surface area contributed by atoms with Gasteiger partial charge in [-0.15, -0.1) is 0 Å². The molecule has 1 N–H and O–H groups in total. The first kappa shape index (κ1) is 15.3. The van der Waals surface area contributed by atoms with Gasteiger partial charge in [-0.2, -0.15) is 0 Å². The summed E-state index contributed by atoms with van der Waals surface area (Å²) in [7, 11) is 4.53. The van der Waals surface area contributed by atoms with Crippen molar-refractivity contribution in [3.63, 3.8) is 0 Å². The standard InChI is InChI=1S/C9H26N2O2Si2/c1-7-9-15(10-8-2,11(3)4)14(12-5)13-6/h10,14H,7-9H2,1-6H3. The Hall–Kier alpha value is 0.274. The fourth-order valence-electron chi connectivity index (χ4n) is 2.06. The SMILES string of the molecule is CCC[Si](NCC)(N(C)C)[SiH](OC)OC. The molecule has 0 rings (SSSR count). The summed E-state index contributed by atoms with van der Waals surface area (Å²) in [6, 6.07) is 1.19. The van der Waals surface area contributed by atoms with E-state index in [0.29, 0.717) is 0 Å². The van der Waals surface area contributed by atoms with E-state index in [1.807, 2.05) is 0 Å². The van der Waals surface area contributed by atoms with E-state index in [2.05, 4.69) is 37.5 Å². The maximum Gasteiger partial charge on any atom is 0.337 e. The summed E-state index contributed by atoms with van der Waals surface area (Å²) in [5.74, 6) is 0. The Labute approximate surface area is 96.7 Å². The summed E-state index contributed by atoms with van der Waals surface area (Å²) in [5.41, 5.74) is 0. The van der Waals surface area contributed by atoms with Gasteiger partial charge in [-0.25, -0.2) is 0 Å². The second kappa shape index (κ2) is 7.53. The van der Waals surface area contributed by atoms with Crippen LogP contribution in [0.5, 0.6) is 0 Å². The van der Waals surface area contributed by atoms with Crippen LogP contribution in [0.3, 0.4) is 0 Å². The van der Waals surface area contributed by atoms with Crippen molar-refractivity contribution in [2.24, 2.45) is 0 Å². The van der Waals surface area contributed by atoms with Crippen molar-refractivity contribution in [2.75, 3.05) is 34.9 Å². The van der Waals surface area contributed by atoms with Gasteiger partial charge in [0.1, 0.15) is 0 Å². The van der Waals surface area contributed by atoms with Gasteiger partial charge in [-0.05, 0) is 26.7 Å². The van der Waals surface area contributed by atoms with Crippen molar-refractivity contribution < 1.29 is 8.85 Å². The molecule has 0 aliphatic heterocycles. The second-order valence-corrected chi connectivity index (χ2v) is 13.4. The molecular formula is C9H26N2O2Si2. The van der Waals surface area contributed by atoms with E-state index in [4.69, 9.17) is 8.85 Å². The molecule has 0 amide bonds. The van der Waals surface area contributed by atoms with Crippen LogP contribution in [0.4, 0.5) is 0 Å². The predicted octanol–water partition coefficient (Wildman–Crippen LogP) is 0.601. The Bertz CT molecular complexity index is 160. The minimum atomic E-state index is -1.72. The maximum atomic E-state index is 5.61. The molecule has 0 aliphatic carbocycles. The van der Waals surface area contributed by atoms with Gasteiger partial charge in [0.2, 0.25) is 0 Å². The van der Waals surface area contributed by atoms with Gasteiger partial charge in [-0.3, -0.25) is 0 Å².